The number of phenolic OH excluding ortho intramolecular Hbond substituents is 1. The average molecular weight is 429 g/mol. The van der Waals surface area contributed by atoms with E-state index >= 15 is 0 Å². The van der Waals surface area contributed by atoms with Crippen molar-refractivity contribution in [2.45, 2.75) is 25.3 Å². The SMILES string of the molecule is Oc1c(I)cc(I)cc1[C@H]1CCCCN1. The third kappa shape index (κ3) is 2.76. The highest BCUT2D eigenvalue weighted by molar-refractivity contribution is 14.1. The molecule has 82 valence electrons. The van der Waals surface area contributed by atoms with E-state index < -0.39 is 0 Å². The van der Waals surface area contributed by atoms with Crippen molar-refractivity contribution in [3.8, 4) is 5.75 Å². The summed E-state index contributed by atoms with van der Waals surface area (Å²) < 4.78 is 2.14. The molecule has 0 aromatic heterocycles. The number of aromatic hydroxyl groups is 1. The maximum absolute atomic E-state index is 10.0. The van der Waals surface area contributed by atoms with Crippen molar-refractivity contribution in [3.63, 3.8) is 0 Å². The van der Waals surface area contributed by atoms with Gasteiger partial charge in [0.2, 0.25) is 0 Å². The Balaban J connectivity index is 2.33. The highest BCUT2D eigenvalue weighted by atomic mass is 127. The van der Waals surface area contributed by atoms with Gasteiger partial charge in [0.05, 0.1) is 3.57 Å². The lowest BCUT2D eigenvalue weighted by Gasteiger charge is -2.25. The molecule has 0 aliphatic carbocycles. The first kappa shape index (κ1) is 11.9. The van der Waals surface area contributed by atoms with E-state index in [0.717, 1.165) is 22.1 Å². The Morgan fingerprint density at radius 1 is 1.27 bits per heavy atom. The number of hydrogen-bond donors (Lipinski definition) is 2. The summed E-state index contributed by atoms with van der Waals surface area (Å²) in [5, 5.41) is 13.5. The lowest BCUT2D eigenvalue weighted by atomic mass is 9.97. The van der Waals surface area contributed by atoms with E-state index in [-0.39, 0.29) is 0 Å². The molecule has 0 spiro atoms. The first-order valence-electron chi connectivity index (χ1n) is 5.10. The summed E-state index contributed by atoms with van der Waals surface area (Å²) >= 11 is 4.49. The fourth-order valence-corrected chi connectivity index (χ4v) is 3.86. The van der Waals surface area contributed by atoms with Crippen LogP contribution in [0.3, 0.4) is 0 Å². The highest BCUT2D eigenvalue weighted by Crippen LogP contribution is 2.34. The van der Waals surface area contributed by atoms with E-state index in [4.69, 9.17) is 0 Å². The molecule has 1 heterocycles. The summed E-state index contributed by atoms with van der Waals surface area (Å²) in [6.45, 7) is 1.06. The van der Waals surface area contributed by atoms with Crippen LogP contribution in [0.1, 0.15) is 30.9 Å². The zero-order valence-corrected chi connectivity index (χ0v) is 12.6. The van der Waals surface area contributed by atoms with Crippen LogP contribution in [0.4, 0.5) is 0 Å². The molecule has 0 unspecified atom stereocenters. The summed E-state index contributed by atoms with van der Waals surface area (Å²) in [6, 6.07) is 4.42. The van der Waals surface area contributed by atoms with Gasteiger partial charge in [0.1, 0.15) is 5.75 Å². The standard InChI is InChI=1S/C11H13I2NO/c12-7-5-8(11(15)9(13)6-7)10-3-1-2-4-14-10/h5-6,10,14-15H,1-4H2/t10-/m1/s1. The molecule has 0 amide bonds. The van der Waals surface area contributed by atoms with Crippen LogP contribution in [0.5, 0.6) is 5.75 Å². The molecule has 1 aliphatic heterocycles. The van der Waals surface area contributed by atoms with Gasteiger partial charge in [-0.1, -0.05) is 6.42 Å². The van der Waals surface area contributed by atoms with Gasteiger partial charge in [0.25, 0.3) is 0 Å². The molecule has 2 N–H and O–H groups in total. The number of hydrogen-bond acceptors (Lipinski definition) is 2. The van der Waals surface area contributed by atoms with Crippen LogP contribution in [0, 0.1) is 7.14 Å². The molecule has 1 aromatic rings. The van der Waals surface area contributed by atoms with Gasteiger partial charge in [-0.3, -0.25) is 0 Å². The van der Waals surface area contributed by atoms with Crippen molar-refractivity contribution in [2.24, 2.45) is 0 Å². The van der Waals surface area contributed by atoms with Crippen molar-refractivity contribution in [1.82, 2.24) is 5.32 Å². The van der Waals surface area contributed by atoms with E-state index in [0.29, 0.717) is 11.8 Å². The minimum absolute atomic E-state index is 0.335. The smallest absolute Gasteiger partial charge is 0.133 e. The molecular weight excluding hydrogens is 416 g/mol. The Kier molecular flexibility index (Phi) is 4.11. The van der Waals surface area contributed by atoms with Gasteiger partial charge < -0.3 is 10.4 Å². The Morgan fingerprint density at radius 2 is 2.07 bits per heavy atom. The highest BCUT2D eigenvalue weighted by Gasteiger charge is 2.19. The molecule has 0 radical (unpaired) electrons. The monoisotopic (exact) mass is 429 g/mol. The quantitative estimate of drug-likeness (QED) is 0.672. The average Bonchev–Trinajstić information content (AvgIpc) is 2.24. The van der Waals surface area contributed by atoms with Crippen molar-refractivity contribution in [3.05, 3.63) is 24.8 Å². The molecule has 2 nitrogen and oxygen atoms in total. The molecule has 4 heteroatoms. The second-order valence-electron chi connectivity index (χ2n) is 3.83. The second-order valence-corrected chi connectivity index (χ2v) is 6.24. The summed E-state index contributed by atoms with van der Waals surface area (Å²) in [4.78, 5) is 0. The van der Waals surface area contributed by atoms with Gasteiger partial charge >= 0.3 is 0 Å². The Hall–Kier alpha value is 0.440. The molecule has 1 saturated heterocycles. The van der Waals surface area contributed by atoms with Crippen LogP contribution >= 0.6 is 45.2 Å². The fraction of sp³-hybridized carbons (Fsp3) is 0.455. The maximum Gasteiger partial charge on any atom is 0.133 e. The number of piperidine rings is 1. The summed E-state index contributed by atoms with van der Waals surface area (Å²) in [6.07, 6.45) is 3.63. The first-order valence-corrected chi connectivity index (χ1v) is 7.25. The summed E-state index contributed by atoms with van der Waals surface area (Å²) in [5.74, 6) is 0.454. The van der Waals surface area contributed by atoms with Crippen molar-refractivity contribution in [2.75, 3.05) is 6.54 Å². The molecule has 2 rings (SSSR count). The molecule has 1 aliphatic rings. The van der Waals surface area contributed by atoms with E-state index in [9.17, 15) is 5.11 Å². The molecule has 0 saturated carbocycles. The van der Waals surface area contributed by atoms with Gasteiger partial charge in [-0.25, -0.2) is 0 Å². The lowest BCUT2D eigenvalue weighted by Crippen LogP contribution is -2.27. The fourth-order valence-electron chi connectivity index (χ4n) is 1.97. The number of benzene rings is 1. The van der Waals surface area contributed by atoms with Crippen LogP contribution in [0.2, 0.25) is 0 Å². The predicted octanol–water partition coefficient (Wildman–Crippen LogP) is 3.42. The topological polar surface area (TPSA) is 32.3 Å². The Morgan fingerprint density at radius 3 is 2.73 bits per heavy atom. The van der Waals surface area contributed by atoms with Gasteiger partial charge in [-0.15, -0.1) is 0 Å². The number of nitrogens with one attached hydrogen (secondary N) is 1. The minimum atomic E-state index is 0.335. The van der Waals surface area contributed by atoms with Crippen LogP contribution < -0.4 is 5.32 Å². The predicted molar refractivity (Wildman–Crippen MR) is 78.1 cm³/mol. The number of phenols is 1. The van der Waals surface area contributed by atoms with Crippen molar-refractivity contribution in [1.29, 1.82) is 0 Å². The Bertz CT molecular complexity index is 362. The molecule has 0 bridgehead atoms. The second kappa shape index (κ2) is 5.18. The van der Waals surface area contributed by atoms with E-state index in [1.807, 2.05) is 6.07 Å². The number of rotatable bonds is 1. The third-order valence-corrected chi connectivity index (χ3v) is 4.19. The molecule has 1 atom stereocenters. The summed E-state index contributed by atoms with van der Waals surface area (Å²) in [5.41, 5.74) is 1.06. The van der Waals surface area contributed by atoms with Gasteiger partial charge in [0, 0.05) is 15.2 Å². The Labute approximate surface area is 117 Å². The van der Waals surface area contributed by atoms with E-state index in [1.54, 1.807) is 0 Å². The third-order valence-electron chi connectivity index (χ3n) is 2.74. The van der Waals surface area contributed by atoms with E-state index in [1.165, 1.54) is 16.4 Å². The van der Waals surface area contributed by atoms with Crippen LogP contribution in [-0.2, 0) is 0 Å². The normalized spacial score (nSPS) is 21.6. The lowest BCUT2D eigenvalue weighted by molar-refractivity contribution is 0.389. The zero-order valence-electron chi connectivity index (χ0n) is 8.26. The van der Waals surface area contributed by atoms with Crippen LogP contribution in [0.15, 0.2) is 12.1 Å². The molecular formula is C11H13I2NO. The zero-order chi connectivity index (χ0) is 10.8. The van der Waals surface area contributed by atoms with Crippen molar-refractivity contribution >= 4 is 45.2 Å². The minimum Gasteiger partial charge on any atom is -0.506 e. The largest absolute Gasteiger partial charge is 0.506 e. The van der Waals surface area contributed by atoms with Gasteiger partial charge in [-0.2, -0.15) is 0 Å². The van der Waals surface area contributed by atoms with Gasteiger partial charge in [-0.05, 0) is 76.7 Å². The van der Waals surface area contributed by atoms with Crippen LogP contribution in [0.25, 0.3) is 0 Å². The summed E-state index contributed by atoms with van der Waals surface area (Å²) in [7, 11) is 0. The molecule has 1 fully saturated rings. The molecule has 1 aromatic carbocycles. The van der Waals surface area contributed by atoms with Crippen molar-refractivity contribution < 1.29 is 5.11 Å². The first-order chi connectivity index (χ1) is 7.18. The van der Waals surface area contributed by atoms with Gasteiger partial charge in [0.15, 0.2) is 0 Å². The van der Waals surface area contributed by atoms with Crippen LogP contribution in [-0.4, -0.2) is 11.7 Å². The molecule has 15 heavy (non-hydrogen) atoms. The maximum atomic E-state index is 10.0. The number of halogens is 2. The van der Waals surface area contributed by atoms with E-state index in [2.05, 4.69) is 56.6 Å².